The molecule has 0 saturated carbocycles. The summed E-state index contributed by atoms with van der Waals surface area (Å²) in [5.41, 5.74) is 6.82. The lowest BCUT2D eigenvalue weighted by atomic mass is 10.2. The zero-order chi connectivity index (χ0) is 13.1. The van der Waals surface area contributed by atoms with Crippen LogP contribution in [-0.4, -0.2) is 0 Å². The first kappa shape index (κ1) is 12.7. The molecule has 18 heavy (non-hydrogen) atoms. The molecule has 0 amide bonds. The number of benzene rings is 2. The average molecular weight is 324 g/mol. The van der Waals surface area contributed by atoms with E-state index in [1.165, 1.54) is 0 Å². The summed E-state index contributed by atoms with van der Waals surface area (Å²) in [5.74, 6) is 1.04. The molecule has 0 spiro atoms. The lowest BCUT2D eigenvalue weighted by molar-refractivity contribution is 0.480. The Labute approximate surface area is 118 Å². The molecular weight excluding hydrogens is 316 g/mol. The summed E-state index contributed by atoms with van der Waals surface area (Å²) in [5, 5.41) is 9.13. The van der Waals surface area contributed by atoms with Gasteiger partial charge in [-0.2, -0.15) is 5.26 Å². The highest BCUT2D eigenvalue weighted by atomic mass is 79.9. The second kappa shape index (κ2) is 5.30. The summed E-state index contributed by atoms with van der Waals surface area (Å²) in [6.07, 6.45) is 0. The number of nitrogens with two attached hydrogens (primary N) is 1. The van der Waals surface area contributed by atoms with Gasteiger partial charge in [-0.3, -0.25) is 0 Å². The number of rotatable bonds is 2. The molecular formula is C13H8BrClN2O. The molecule has 0 aromatic heterocycles. The quantitative estimate of drug-likeness (QED) is 0.836. The van der Waals surface area contributed by atoms with Crippen molar-refractivity contribution in [2.24, 2.45) is 0 Å². The molecule has 0 aliphatic rings. The fraction of sp³-hybridized carbons (Fsp3) is 0. The lowest BCUT2D eigenvalue weighted by Crippen LogP contribution is -1.91. The summed E-state index contributed by atoms with van der Waals surface area (Å²) >= 11 is 9.37. The number of hydrogen-bond acceptors (Lipinski definition) is 3. The molecule has 2 aromatic carbocycles. The van der Waals surface area contributed by atoms with E-state index in [0.717, 1.165) is 0 Å². The fourth-order valence-electron chi connectivity index (χ4n) is 1.38. The second-order valence-corrected chi connectivity index (χ2v) is 4.72. The minimum atomic E-state index is 0.378. The van der Waals surface area contributed by atoms with Crippen LogP contribution in [0, 0.1) is 11.3 Å². The number of ether oxygens (including phenoxy) is 1. The predicted octanol–water partition coefficient (Wildman–Crippen LogP) is 4.35. The Morgan fingerprint density at radius 1 is 1.22 bits per heavy atom. The van der Waals surface area contributed by atoms with Crippen molar-refractivity contribution >= 4 is 33.2 Å². The smallest absolute Gasteiger partial charge is 0.146 e. The van der Waals surface area contributed by atoms with Crippen molar-refractivity contribution in [1.29, 1.82) is 5.26 Å². The van der Waals surface area contributed by atoms with Crippen LogP contribution in [0.15, 0.2) is 40.9 Å². The van der Waals surface area contributed by atoms with E-state index in [4.69, 9.17) is 27.3 Å². The van der Waals surface area contributed by atoms with Crippen molar-refractivity contribution in [2.75, 3.05) is 5.73 Å². The minimum Gasteiger partial charge on any atom is -0.455 e. The summed E-state index contributed by atoms with van der Waals surface area (Å²) in [7, 11) is 0. The maximum atomic E-state index is 8.75. The molecule has 0 saturated heterocycles. The fourth-order valence-corrected chi connectivity index (χ4v) is 1.94. The molecule has 0 heterocycles. The summed E-state index contributed by atoms with van der Waals surface area (Å²) < 4.78 is 6.32. The molecule has 2 N–H and O–H groups in total. The van der Waals surface area contributed by atoms with E-state index in [9.17, 15) is 0 Å². The van der Waals surface area contributed by atoms with Crippen LogP contribution >= 0.6 is 27.5 Å². The first-order valence-corrected chi connectivity index (χ1v) is 6.20. The molecule has 3 nitrogen and oxygen atoms in total. The Morgan fingerprint density at radius 2 is 2.00 bits per heavy atom. The van der Waals surface area contributed by atoms with Crippen LogP contribution in [0.3, 0.4) is 0 Å². The van der Waals surface area contributed by atoms with Gasteiger partial charge in [0.15, 0.2) is 0 Å². The van der Waals surface area contributed by atoms with Gasteiger partial charge in [0, 0.05) is 5.69 Å². The van der Waals surface area contributed by atoms with Crippen LogP contribution in [0.2, 0.25) is 5.02 Å². The Bertz CT molecular complexity index is 637. The summed E-state index contributed by atoms with van der Waals surface area (Å²) in [6, 6.07) is 12.2. The highest BCUT2D eigenvalue weighted by Crippen LogP contribution is 2.36. The minimum absolute atomic E-state index is 0.378. The molecule has 0 aliphatic carbocycles. The van der Waals surface area contributed by atoms with Gasteiger partial charge in [0.25, 0.3) is 0 Å². The van der Waals surface area contributed by atoms with Crippen LogP contribution in [-0.2, 0) is 0 Å². The van der Waals surface area contributed by atoms with Crippen molar-refractivity contribution in [2.45, 2.75) is 0 Å². The lowest BCUT2D eigenvalue weighted by Gasteiger charge is -2.10. The zero-order valence-corrected chi connectivity index (χ0v) is 11.5. The van der Waals surface area contributed by atoms with Gasteiger partial charge < -0.3 is 10.5 Å². The Hall–Kier alpha value is -1.70. The molecule has 0 radical (unpaired) electrons. The van der Waals surface area contributed by atoms with Crippen LogP contribution < -0.4 is 10.5 Å². The van der Waals surface area contributed by atoms with E-state index in [2.05, 4.69) is 15.9 Å². The highest BCUT2D eigenvalue weighted by molar-refractivity contribution is 9.10. The van der Waals surface area contributed by atoms with E-state index in [1.807, 2.05) is 6.07 Å². The highest BCUT2D eigenvalue weighted by Gasteiger charge is 2.08. The largest absolute Gasteiger partial charge is 0.455 e. The molecule has 0 aliphatic heterocycles. The number of nitriles is 1. The molecule has 0 atom stereocenters. The van der Waals surface area contributed by atoms with Crippen molar-refractivity contribution in [3.63, 3.8) is 0 Å². The van der Waals surface area contributed by atoms with E-state index in [-0.39, 0.29) is 0 Å². The molecule has 5 heteroatoms. The van der Waals surface area contributed by atoms with Gasteiger partial charge in [-0.25, -0.2) is 0 Å². The standard InChI is InChI=1S/C13H8BrClN2O/c14-13-10(17)2-1-3-12(13)18-11-5-4-8(7-16)6-9(11)15/h1-6H,17H2. The van der Waals surface area contributed by atoms with E-state index >= 15 is 0 Å². The van der Waals surface area contributed by atoms with E-state index in [0.29, 0.717) is 32.2 Å². The third-order valence-corrected chi connectivity index (χ3v) is 3.42. The first-order valence-electron chi connectivity index (χ1n) is 5.03. The first-order chi connectivity index (χ1) is 8.61. The third-order valence-electron chi connectivity index (χ3n) is 2.27. The number of hydrogen-bond donors (Lipinski definition) is 1. The van der Waals surface area contributed by atoms with Crippen molar-refractivity contribution < 1.29 is 4.74 Å². The molecule has 0 fully saturated rings. The number of nitrogens with zero attached hydrogens (tertiary/aromatic N) is 1. The van der Waals surface area contributed by atoms with Crippen molar-refractivity contribution in [3.05, 3.63) is 51.5 Å². The predicted molar refractivity (Wildman–Crippen MR) is 74.8 cm³/mol. The Kier molecular flexibility index (Phi) is 3.75. The van der Waals surface area contributed by atoms with Gasteiger partial charge in [0.05, 0.1) is 21.1 Å². The van der Waals surface area contributed by atoms with E-state index < -0.39 is 0 Å². The van der Waals surface area contributed by atoms with Gasteiger partial charge in [0.2, 0.25) is 0 Å². The van der Waals surface area contributed by atoms with Crippen molar-refractivity contribution in [3.8, 4) is 17.6 Å². The molecule has 2 aromatic rings. The van der Waals surface area contributed by atoms with Gasteiger partial charge in [-0.05, 0) is 46.3 Å². The van der Waals surface area contributed by atoms with Crippen LogP contribution in [0.25, 0.3) is 0 Å². The molecule has 2 rings (SSSR count). The zero-order valence-electron chi connectivity index (χ0n) is 9.15. The summed E-state index contributed by atoms with van der Waals surface area (Å²) in [4.78, 5) is 0. The Morgan fingerprint density at radius 3 is 2.67 bits per heavy atom. The molecule has 0 bridgehead atoms. The maximum Gasteiger partial charge on any atom is 0.146 e. The molecule has 90 valence electrons. The SMILES string of the molecule is N#Cc1ccc(Oc2cccc(N)c2Br)c(Cl)c1. The van der Waals surface area contributed by atoms with Crippen LogP contribution in [0.4, 0.5) is 5.69 Å². The van der Waals surface area contributed by atoms with Gasteiger partial charge in [0.1, 0.15) is 11.5 Å². The number of nitrogen functional groups attached to an aromatic ring is 1. The normalized spacial score (nSPS) is 9.83. The monoisotopic (exact) mass is 322 g/mol. The number of halogens is 2. The van der Waals surface area contributed by atoms with Crippen LogP contribution in [0.1, 0.15) is 5.56 Å². The Balaban J connectivity index is 2.35. The van der Waals surface area contributed by atoms with Crippen molar-refractivity contribution in [1.82, 2.24) is 0 Å². The second-order valence-electron chi connectivity index (χ2n) is 3.52. The van der Waals surface area contributed by atoms with Gasteiger partial charge >= 0.3 is 0 Å². The van der Waals surface area contributed by atoms with Gasteiger partial charge in [-0.1, -0.05) is 17.7 Å². The topological polar surface area (TPSA) is 59.0 Å². The van der Waals surface area contributed by atoms with E-state index in [1.54, 1.807) is 36.4 Å². The summed E-state index contributed by atoms with van der Waals surface area (Å²) in [6.45, 7) is 0. The van der Waals surface area contributed by atoms with Crippen LogP contribution in [0.5, 0.6) is 11.5 Å². The third kappa shape index (κ3) is 2.58. The maximum absolute atomic E-state index is 8.75. The average Bonchev–Trinajstić information content (AvgIpc) is 2.37. The number of anilines is 1. The van der Waals surface area contributed by atoms with Gasteiger partial charge in [-0.15, -0.1) is 0 Å². The molecule has 0 unspecified atom stereocenters.